The van der Waals surface area contributed by atoms with Gasteiger partial charge < -0.3 is 10.3 Å². The topological polar surface area (TPSA) is 97.3 Å². The molecular formula is C10H14F3N5O2. The Balaban J connectivity index is 3.33. The van der Waals surface area contributed by atoms with E-state index in [1.165, 1.54) is 19.9 Å². The molecule has 7 nitrogen and oxygen atoms in total. The van der Waals surface area contributed by atoms with Gasteiger partial charge in [-0.3, -0.25) is 10.1 Å². The second-order valence-electron chi connectivity index (χ2n) is 4.28. The lowest BCUT2D eigenvalue weighted by molar-refractivity contribution is -0.384. The van der Waals surface area contributed by atoms with Gasteiger partial charge in [-0.25, -0.2) is 10.8 Å². The average Bonchev–Trinajstić information content (AvgIpc) is 2.33. The van der Waals surface area contributed by atoms with Crippen molar-refractivity contribution in [2.45, 2.75) is 26.1 Å². The number of hydrogen-bond acceptors (Lipinski definition) is 6. The number of aromatic nitrogens is 1. The van der Waals surface area contributed by atoms with Gasteiger partial charge in [-0.15, -0.1) is 0 Å². The number of hydrogen-bond donors (Lipinski definition) is 2. The molecule has 0 bridgehead atoms. The Hall–Kier alpha value is -2.10. The predicted octanol–water partition coefficient (Wildman–Crippen LogP) is 2.05. The zero-order valence-electron chi connectivity index (χ0n) is 10.8. The van der Waals surface area contributed by atoms with E-state index in [-0.39, 0.29) is 11.6 Å². The molecule has 0 spiro atoms. The molecule has 0 aliphatic heterocycles. The lowest BCUT2D eigenvalue weighted by atomic mass is 10.2. The normalized spacial score (nSPS) is 11.6. The molecular weight excluding hydrogens is 279 g/mol. The SMILES string of the molecule is CC(C)N(CC(F)(F)F)c1nc(NN)ccc1[N+](=O)[O-]. The van der Waals surface area contributed by atoms with E-state index >= 15 is 0 Å². The molecule has 112 valence electrons. The summed E-state index contributed by atoms with van der Waals surface area (Å²) in [6.07, 6.45) is -4.51. The lowest BCUT2D eigenvalue weighted by Gasteiger charge is -2.28. The summed E-state index contributed by atoms with van der Waals surface area (Å²) < 4.78 is 37.8. The number of rotatable bonds is 5. The number of nitrogens with two attached hydrogens (primary N) is 1. The van der Waals surface area contributed by atoms with Gasteiger partial charge in [0.1, 0.15) is 12.4 Å². The first-order valence-corrected chi connectivity index (χ1v) is 5.61. The van der Waals surface area contributed by atoms with Crippen molar-refractivity contribution >= 4 is 17.3 Å². The van der Waals surface area contributed by atoms with Crippen LogP contribution in [-0.2, 0) is 0 Å². The second-order valence-corrected chi connectivity index (χ2v) is 4.28. The Kier molecular flexibility index (Phi) is 4.71. The Morgan fingerprint density at radius 3 is 2.50 bits per heavy atom. The highest BCUT2D eigenvalue weighted by molar-refractivity contribution is 5.62. The summed E-state index contributed by atoms with van der Waals surface area (Å²) in [6, 6.07) is 1.65. The van der Waals surface area contributed by atoms with E-state index in [4.69, 9.17) is 5.84 Å². The molecule has 0 amide bonds. The quantitative estimate of drug-likeness (QED) is 0.490. The molecule has 0 aliphatic rings. The third-order valence-corrected chi connectivity index (χ3v) is 2.44. The van der Waals surface area contributed by atoms with Crippen LogP contribution in [0.4, 0.5) is 30.5 Å². The molecule has 1 rings (SSSR count). The standard InChI is InChI=1S/C10H14F3N5O2/c1-6(2)17(5-10(11,12)13)9-7(18(19)20)3-4-8(15-9)16-14/h3-4,6H,5,14H2,1-2H3,(H,15,16). The lowest BCUT2D eigenvalue weighted by Crippen LogP contribution is -2.40. The van der Waals surface area contributed by atoms with Crippen LogP contribution in [0.15, 0.2) is 12.1 Å². The van der Waals surface area contributed by atoms with Gasteiger partial charge in [-0.2, -0.15) is 13.2 Å². The molecule has 0 unspecified atom stereocenters. The van der Waals surface area contributed by atoms with Crippen molar-refractivity contribution in [1.82, 2.24) is 4.98 Å². The van der Waals surface area contributed by atoms with E-state index in [2.05, 4.69) is 10.4 Å². The fourth-order valence-corrected chi connectivity index (χ4v) is 1.57. The van der Waals surface area contributed by atoms with Crippen molar-refractivity contribution in [3.63, 3.8) is 0 Å². The zero-order chi connectivity index (χ0) is 15.5. The van der Waals surface area contributed by atoms with Crippen molar-refractivity contribution in [2.75, 3.05) is 16.9 Å². The highest BCUT2D eigenvalue weighted by Crippen LogP contribution is 2.31. The largest absolute Gasteiger partial charge is 0.405 e. The summed E-state index contributed by atoms with van der Waals surface area (Å²) in [5, 5.41) is 10.9. The number of anilines is 2. The molecule has 1 heterocycles. The van der Waals surface area contributed by atoms with Gasteiger partial charge in [0.05, 0.1) is 4.92 Å². The summed E-state index contributed by atoms with van der Waals surface area (Å²) in [7, 11) is 0. The minimum Gasteiger partial charge on any atom is -0.339 e. The summed E-state index contributed by atoms with van der Waals surface area (Å²) in [4.78, 5) is 14.7. The third-order valence-electron chi connectivity index (χ3n) is 2.44. The molecule has 3 N–H and O–H groups in total. The van der Waals surface area contributed by atoms with Crippen LogP contribution in [0.25, 0.3) is 0 Å². The van der Waals surface area contributed by atoms with Crippen LogP contribution in [0, 0.1) is 10.1 Å². The van der Waals surface area contributed by atoms with E-state index < -0.39 is 29.4 Å². The molecule has 0 saturated carbocycles. The number of halogens is 3. The van der Waals surface area contributed by atoms with Crippen LogP contribution in [0.2, 0.25) is 0 Å². The predicted molar refractivity (Wildman–Crippen MR) is 67.2 cm³/mol. The van der Waals surface area contributed by atoms with Crippen LogP contribution in [0.1, 0.15) is 13.8 Å². The van der Waals surface area contributed by atoms with Gasteiger partial charge in [0.15, 0.2) is 0 Å². The highest BCUT2D eigenvalue weighted by atomic mass is 19.4. The number of nitrogens with zero attached hydrogens (tertiary/aromatic N) is 3. The molecule has 20 heavy (non-hydrogen) atoms. The van der Waals surface area contributed by atoms with Crippen molar-refractivity contribution in [1.29, 1.82) is 0 Å². The van der Waals surface area contributed by atoms with Crippen molar-refractivity contribution < 1.29 is 18.1 Å². The number of hydrazine groups is 1. The van der Waals surface area contributed by atoms with Crippen LogP contribution < -0.4 is 16.2 Å². The minimum atomic E-state index is -4.51. The maximum atomic E-state index is 12.6. The monoisotopic (exact) mass is 293 g/mol. The van der Waals surface area contributed by atoms with Crippen molar-refractivity contribution in [2.24, 2.45) is 5.84 Å². The molecule has 0 saturated heterocycles. The number of nitro groups is 1. The maximum Gasteiger partial charge on any atom is 0.405 e. The molecule has 0 atom stereocenters. The van der Waals surface area contributed by atoms with Gasteiger partial charge in [0.25, 0.3) is 0 Å². The fourth-order valence-electron chi connectivity index (χ4n) is 1.57. The number of nitrogens with one attached hydrogen (secondary N) is 1. The van der Waals surface area contributed by atoms with Gasteiger partial charge >= 0.3 is 11.9 Å². The Bertz CT molecular complexity index is 492. The summed E-state index contributed by atoms with van der Waals surface area (Å²) >= 11 is 0. The Labute approximate surface area is 112 Å². The molecule has 0 aromatic carbocycles. The van der Waals surface area contributed by atoms with Gasteiger partial charge in [0.2, 0.25) is 5.82 Å². The van der Waals surface area contributed by atoms with Gasteiger partial charge in [0, 0.05) is 12.1 Å². The molecule has 1 aromatic heterocycles. The Morgan fingerprint density at radius 1 is 1.50 bits per heavy atom. The second kappa shape index (κ2) is 5.90. The maximum absolute atomic E-state index is 12.6. The van der Waals surface area contributed by atoms with Crippen LogP contribution >= 0.6 is 0 Å². The third kappa shape index (κ3) is 3.95. The summed E-state index contributed by atoms with van der Waals surface area (Å²) in [6.45, 7) is 1.63. The highest BCUT2D eigenvalue weighted by Gasteiger charge is 2.35. The van der Waals surface area contributed by atoms with E-state index in [1.807, 2.05) is 0 Å². The first-order valence-electron chi connectivity index (χ1n) is 5.61. The molecule has 10 heteroatoms. The zero-order valence-corrected chi connectivity index (χ0v) is 10.8. The number of nitrogen functional groups attached to an aromatic ring is 1. The van der Waals surface area contributed by atoms with Crippen molar-refractivity contribution in [3.05, 3.63) is 22.2 Å². The van der Waals surface area contributed by atoms with Crippen molar-refractivity contribution in [3.8, 4) is 0 Å². The number of pyridine rings is 1. The average molecular weight is 293 g/mol. The van der Waals surface area contributed by atoms with Crippen LogP contribution in [0.5, 0.6) is 0 Å². The molecule has 0 radical (unpaired) electrons. The minimum absolute atomic E-state index is 0.0402. The van der Waals surface area contributed by atoms with E-state index in [0.717, 1.165) is 11.0 Å². The van der Waals surface area contributed by atoms with Gasteiger partial charge in [-0.1, -0.05) is 0 Å². The summed E-state index contributed by atoms with van der Waals surface area (Å²) in [5.41, 5.74) is 1.64. The van der Waals surface area contributed by atoms with E-state index in [9.17, 15) is 23.3 Å². The summed E-state index contributed by atoms with van der Waals surface area (Å²) in [5.74, 6) is 4.79. The smallest absolute Gasteiger partial charge is 0.339 e. The number of alkyl halides is 3. The molecule has 0 fully saturated rings. The van der Waals surface area contributed by atoms with Gasteiger partial charge in [-0.05, 0) is 19.9 Å². The van der Waals surface area contributed by atoms with E-state index in [1.54, 1.807) is 0 Å². The fraction of sp³-hybridized carbons (Fsp3) is 0.500. The molecule has 1 aromatic rings. The Morgan fingerprint density at radius 2 is 2.10 bits per heavy atom. The molecule has 0 aliphatic carbocycles. The van der Waals surface area contributed by atoms with E-state index in [0.29, 0.717) is 0 Å². The van der Waals surface area contributed by atoms with Crippen LogP contribution in [0.3, 0.4) is 0 Å². The first-order chi connectivity index (χ1) is 9.15. The first kappa shape index (κ1) is 16.0. The van der Waals surface area contributed by atoms with Crippen LogP contribution in [-0.4, -0.2) is 28.7 Å².